The first-order valence-corrected chi connectivity index (χ1v) is 5.11. The Bertz CT molecular complexity index is 379. The highest BCUT2D eigenvalue weighted by Gasteiger charge is 2.32. The van der Waals surface area contributed by atoms with E-state index in [1.165, 1.54) is 0 Å². The smallest absolute Gasteiger partial charge is 0.388 e. The molecule has 1 aromatic rings. The van der Waals surface area contributed by atoms with Crippen LogP contribution < -0.4 is 5.32 Å². The molecule has 17 heavy (non-hydrogen) atoms. The van der Waals surface area contributed by atoms with E-state index in [1.54, 1.807) is 13.8 Å². The fourth-order valence-electron chi connectivity index (χ4n) is 0.996. The minimum absolute atomic E-state index is 0.0881. The van der Waals surface area contributed by atoms with Gasteiger partial charge in [0.2, 0.25) is 5.95 Å². The Kier molecular flexibility index (Phi) is 3.92. The highest BCUT2D eigenvalue weighted by atomic mass is 19.4. The van der Waals surface area contributed by atoms with E-state index in [4.69, 9.17) is 0 Å². The van der Waals surface area contributed by atoms with Gasteiger partial charge in [-0.15, -0.1) is 0 Å². The summed E-state index contributed by atoms with van der Waals surface area (Å²) in [6, 6.07) is 0.795. The Morgan fingerprint density at radius 3 is 2.59 bits per heavy atom. The zero-order chi connectivity index (χ0) is 13.1. The minimum Gasteiger partial charge on any atom is -0.388 e. The van der Waals surface area contributed by atoms with Gasteiger partial charge in [0.05, 0.1) is 5.60 Å². The molecule has 1 aromatic heterocycles. The van der Waals surface area contributed by atoms with Gasteiger partial charge in [-0.1, -0.05) is 6.92 Å². The molecule has 0 aromatic carbocycles. The average Bonchev–Trinajstić information content (AvgIpc) is 2.26. The molecular formula is C10H14F3N3O. The van der Waals surface area contributed by atoms with E-state index in [2.05, 4.69) is 15.3 Å². The summed E-state index contributed by atoms with van der Waals surface area (Å²) in [7, 11) is 0. The van der Waals surface area contributed by atoms with Crippen molar-refractivity contribution in [3.8, 4) is 0 Å². The van der Waals surface area contributed by atoms with Crippen LogP contribution in [0.4, 0.5) is 19.1 Å². The van der Waals surface area contributed by atoms with E-state index < -0.39 is 17.5 Å². The predicted molar refractivity (Wildman–Crippen MR) is 56.4 cm³/mol. The standard InChI is InChI=1S/C10H14F3N3O/c1-3-9(2,17)6-15-8-14-5-4-7(16-8)10(11,12)13/h4-5,17H,3,6H2,1-2H3,(H,14,15,16). The summed E-state index contributed by atoms with van der Waals surface area (Å²) in [4.78, 5) is 6.98. The molecule has 0 saturated heterocycles. The topological polar surface area (TPSA) is 58.0 Å². The third-order valence-electron chi connectivity index (χ3n) is 2.34. The third kappa shape index (κ3) is 4.18. The van der Waals surface area contributed by atoms with Crippen molar-refractivity contribution < 1.29 is 18.3 Å². The molecule has 2 N–H and O–H groups in total. The summed E-state index contributed by atoms with van der Waals surface area (Å²) in [6.45, 7) is 3.44. The number of rotatable bonds is 4. The van der Waals surface area contributed by atoms with Gasteiger partial charge >= 0.3 is 6.18 Å². The van der Waals surface area contributed by atoms with Crippen LogP contribution in [0.25, 0.3) is 0 Å². The van der Waals surface area contributed by atoms with Crippen molar-refractivity contribution in [1.82, 2.24) is 9.97 Å². The summed E-state index contributed by atoms with van der Waals surface area (Å²) in [5, 5.41) is 12.2. The largest absolute Gasteiger partial charge is 0.433 e. The Balaban J connectivity index is 2.74. The van der Waals surface area contributed by atoms with Gasteiger partial charge in [-0.3, -0.25) is 0 Å². The number of halogens is 3. The maximum atomic E-state index is 12.3. The van der Waals surface area contributed by atoms with Gasteiger partial charge in [-0.05, 0) is 19.4 Å². The SMILES string of the molecule is CCC(C)(O)CNc1nccc(C(F)(F)F)n1. The molecule has 96 valence electrons. The molecule has 0 saturated carbocycles. The molecule has 1 unspecified atom stereocenters. The first-order valence-electron chi connectivity index (χ1n) is 5.11. The summed E-state index contributed by atoms with van der Waals surface area (Å²) >= 11 is 0. The molecule has 1 atom stereocenters. The van der Waals surface area contributed by atoms with Crippen molar-refractivity contribution in [1.29, 1.82) is 0 Å². The number of aromatic nitrogens is 2. The summed E-state index contributed by atoms with van der Waals surface area (Å²) in [6.07, 6.45) is -3.00. The summed E-state index contributed by atoms with van der Waals surface area (Å²) in [5.74, 6) is -0.145. The second-order valence-electron chi connectivity index (χ2n) is 3.97. The Labute approximate surface area is 96.9 Å². The number of hydrogen-bond donors (Lipinski definition) is 2. The number of aliphatic hydroxyl groups is 1. The van der Waals surface area contributed by atoms with Crippen LogP contribution in [0.15, 0.2) is 12.3 Å². The van der Waals surface area contributed by atoms with E-state index in [9.17, 15) is 18.3 Å². The lowest BCUT2D eigenvalue weighted by molar-refractivity contribution is -0.141. The third-order valence-corrected chi connectivity index (χ3v) is 2.34. The fraction of sp³-hybridized carbons (Fsp3) is 0.600. The van der Waals surface area contributed by atoms with Crippen molar-refractivity contribution in [2.24, 2.45) is 0 Å². The van der Waals surface area contributed by atoms with Gasteiger partial charge in [0, 0.05) is 12.7 Å². The molecule has 0 fully saturated rings. The molecule has 1 heterocycles. The Morgan fingerprint density at radius 1 is 1.41 bits per heavy atom. The highest BCUT2D eigenvalue weighted by molar-refractivity contribution is 5.26. The van der Waals surface area contributed by atoms with Gasteiger partial charge < -0.3 is 10.4 Å². The van der Waals surface area contributed by atoms with Crippen molar-refractivity contribution >= 4 is 5.95 Å². The van der Waals surface area contributed by atoms with Crippen LogP contribution in [0.1, 0.15) is 26.0 Å². The highest BCUT2D eigenvalue weighted by Crippen LogP contribution is 2.27. The van der Waals surface area contributed by atoms with Crippen molar-refractivity contribution in [3.05, 3.63) is 18.0 Å². The van der Waals surface area contributed by atoms with Gasteiger partial charge in [-0.25, -0.2) is 9.97 Å². The van der Waals surface area contributed by atoms with E-state index in [1.807, 2.05) is 0 Å². The quantitative estimate of drug-likeness (QED) is 0.857. The molecule has 1 rings (SSSR count). The molecule has 0 spiro atoms. The number of hydrogen-bond acceptors (Lipinski definition) is 4. The molecule has 0 bridgehead atoms. The summed E-state index contributed by atoms with van der Waals surface area (Å²) in [5.41, 5.74) is -2.01. The van der Waals surface area contributed by atoms with Crippen LogP contribution in [-0.2, 0) is 6.18 Å². The van der Waals surface area contributed by atoms with Crippen LogP contribution in [0.2, 0.25) is 0 Å². The van der Waals surface area contributed by atoms with Crippen LogP contribution in [0, 0.1) is 0 Å². The van der Waals surface area contributed by atoms with Crippen LogP contribution in [0.3, 0.4) is 0 Å². The zero-order valence-electron chi connectivity index (χ0n) is 9.54. The van der Waals surface area contributed by atoms with Crippen molar-refractivity contribution in [2.45, 2.75) is 32.0 Å². The maximum absolute atomic E-state index is 12.3. The number of alkyl halides is 3. The van der Waals surface area contributed by atoms with E-state index in [0.29, 0.717) is 6.42 Å². The average molecular weight is 249 g/mol. The fourth-order valence-corrected chi connectivity index (χ4v) is 0.996. The van der Waals surface area contributed by atoms with Gasteiger partial charge in [-0.2, -0.15) is 13.2 Å². The molecule has 0 radical (unpaired) electrons. The number of nitrogens with one attached hydrogen (secondary N) is 1. The molecule has 0 aliphatic carbocycles. The summed E-state index contributed by atoms with van der Waals surface area (Å²) < 4.78 is 37.0. The monoisotopic (exact) mass is 249 g/mol. The van der Waals surface area contributed by atoms with E-state index >= 15 is 0 Å². The molecule has 0 aliphatic heterocycles. The molecular weight excluding hydrogens is 235 g/mol. The molecule has 7 heteroatoms. The van der Waals surface area contributed by atoms with Crippen molar-refractivity contribution in [3.63, 3.8) is 0 Å². The van der Waals surface area contributed by atoms with Crippen molar-refractivity contribution in [2.75, 3.05) is 11.9 Å². The molecule has 0 aliphatic rings. The lowest BCUT2D eigenvalue weighted by atomic mass is 10.0. The van der Waals surface area contributed by atoms with Crippen LogP contribution in [0.5, 0.6) is 0 Å². The second-order valence-corrected chi connectivity index (χ2v) is 3.97. The van der Waals surface area contributed by atoms with Gasteiger partial charge in [0.15, 0.2) is 0 Å². The molecule has 4 nitrogen and oxygen atoms in total. The number of anilines is 1. The maximum Gasteiger partial charge on any atom is 0.433 e. The Morgan fingerprint density at radius 2 is 2.06 bits per heavy atom. The zero-order valence-corrected chi connectivity index (χ0v) is 9.54. The van der Waals surface area contributed by atoms with E-state index in [0.717, 1.165) is 12.3 Å². The van der Waals surface area contributed by atoms with E-state index in [-0.39, 0.29) is 12.5 Å². The lowest BCUT2D eigenvalue weighted by Gasteiger charge is -2.21. The number of nitrogens with zero attached hydrogens (tertiary/aromatic N) is 2. The first-order chi connectivity index (χ1) is 7.74. The second kappa shape index (κ2) is 4.87. The lowest BCUT2D eigenvalue weighted by Crippen LogP contribution is -2.33. The van der Waals surface area contributed by atoms with Gasteiger partial charge in [0.25, 0.3) is 0 Å². The van der Waals surface area contributed by atoms with Crippen LogP contribution >= 0.6 is 0 Å². The normalized spacial score (nSPS) is 15.4. The minimum atomic E-state index is -4.49. The predicted octanol–water partition coefficient (Wildman–Crippen LogP) is 2.07. The van der Waals surface area contributed by atoms with Gasteiger partial charge in [0.1, 0.15) is 5.69 Å². The Hall–Kier alpha value is -1.37. The first kappa shape index (κ1) is 13.7. The van der Waals surface area contributed by atoms with Crippen LogP contribution in [-0.4, -0.2) is 27.2 Å². The molecule has 0 amide bonds.